The first-order valence-electron chi connectivity index (χ1n) is 7.48. The minimum atomic E-state index is -0.468. The number of amides is 1. The predicted octanol–water partition coefficient (Wildman–Crippen LogP) is 4.92. The molecule has 0 saturated carbocycles. The molecule has 3 aromatic rings. The summed E-state index contributed by atoms with van der Waals surface area (Å²) in [4.78, 5) is 12.4. The number of anilines is 1. The largest absolute Gasteiger partial charge is 0.493 e. The van der Waals surface area contributed by atoms with Crippen LogP contribution in [0.3, 0.4) is 0 Å². The molecule has 1 amide bonds. The number of carbonyl (C=O) groups excluding carboxylic acids is 1. The van der Waals surface area contributed by atoms with E-state index in [0.717, 1.165) is 0 Å². The number of methoxy groups -OCH3 is 2. The maximum Gasteiger partial charge on any atom is 0.277 e. The minimum Gasteiger partial charge on any atom is -0.493 e. The summed E-state index contributed by atoms with van der Waals surface area (Å²) < 4.78 is 15.7. The first kappa shape index (κ1) is 18.1. The quantitative estimate of drug-likeness (QED) is 0.666. The fourth-order valence-corrected chi connectivity index (χ4v) is 2.64. The number of hydrogen-bond acceptors (Lipinski definition) is 5. The van der Waals surface area contributed by atoms with Crippen LogP contribution < -0.4 is 14.8 Å². The normalized spacial score (nSPS) is 10.5. The SMILES string of the molecule is COc1ccc(-c2cc(C(=O)Nc3cccc(Cl)c3Cl)no2)cc1OC. The molecule has 0 aliphatic heterocycles. The van der Waals surface area contributed by atoms with Gasteiger partial charge in [-0.15, -0.1) is 0 Å². The van der Waals surface area contributed by atoms with Gasteiger partial charge in [0.15, 0.2) is 23.0 Å². The Morgan fingerprint density at radius 3 is 2.58 bits per heavy atom. The van der Waals surface area contributed by atoms with E-state index in [1.165, 1.54) is 13.2 Å². The van der Waals surface area contributed by atoms with E-state index < -0.39 is 5.91 Å². The Hall–Kier alpha value is -2.70. The van der Waals surface area contributed by atoms with Gasteiger partial charge in [0.1, 0.15) is 0 Å². The van der Waals surface area contributed by atoms with Crippen LogP contribution in [0.25, 0.3) is 11.3 Å². The molecule has 1 heterocycles. The molecular weight excluding hydrogens is 379 g/mol. The maximum absolute atomic E-state index is 12.4. The molecule has 1 aromatic heterocycles. The van der Waals surface area contributed by atoms with Crippen molar-refractivity contribution in [2.45, 2.75) is 0 Å². The molecule has 0 aliphatic rings. The Labute approximate surface area is 159 Å². The highest BCUT2D eigenvalue weighted by Crippen LogP contribution is 2.33. The van der Waals surface area contributed by atoms with Crippen molar-refractivity contribution in [1.82, 2.24) is 5.16 Å². The van der Waals surface area contributed by atoms with Crippen molar-refractivity contribution < 1.29 is 18.8 Å². The van der Waals surface area contributed by atoms with Crippen LogP contribution in [0.1, 0.15) is 10.5 Å². The van der Waals surface area contributed by atoms with Gasteiger partial charge < -0.3 is 19.3 Å². The van der Waals surface area contributed by atoms with Crippen LogP contribution in [0.2, 0.25) is 10.0 Å². The van der Waals surface area contributed by atoms with Crippen molar-refractivity contribution in [3.63, 3.8) is 0 Å². The molecule has 26 heavy (non-hydrogen) atoms. The van der Waals surface area contributed by atoms with Gasteiger partial charge in [0.25, 0.3) is 5.91 Å². The number of aromatic nitrogens is 1. The lowest BCUT2D eigenvalue weighted by molar-refractivity contribution is 0.101. The summed E-state index contributed by atoms with van der Waals surface area (Å²) in [5.74, 6) is 1.07. The number of hydrogen-bond donors (Lipinski definition) is 1. The average Bonchev–Trinajstić information content (AvgIpc) is 3.15. The van der Waals surface area contributed by atoms with E-state index in [2.05, 4.69) is 10.5 Å². The molecule has 1 N–H and O–H groups in total. The molecule has 0 aliphatic carbocycles. The zero-order valence-electron chi connectivity index (χ0n) is 13.9. The van der Waals surface area contributed by atoms with E-state index in [1.807, 2.05) is 0 Å². The molecule has 0 saturated heterocycles. The molecule has 6 nitrogen and oxygen atoms in total. The van der Waals surface area contributed by atoms with Crippen LogP contribution in [0.15, 0.2) is 47.0 Å². The summed E-state index contributed by atoms with van der Waals surface area (Å²) in [6, 6.07) is 11.7. The van der Waals surface area contributed by atoms with E-state index in [1.54, 1.807) is 43.5 Å². The zero-order chi connectivity index (χ0) is 18.7. The number of ether oxygens (including phenoxy) is 2. The standard InChI is InChI=1S/C18H14Cl2N2O4/c1-24-14-7-6-10(8-16(14)25-2)15-9-13(22-26-15)18(23)21-12-5-3-4-11(19)17(12)20/h3-9H,1-2H3,(H,21,23). The van der Waals surface area contributed by atoms with Crippen molar-refractivity contribution in [3.05, 3.63) is 58.2 Å². The third-order valence-electron chi connectivity index (χ3n) is 3.61. The van der Waals surface area contributed by atoms with Gasteiger partial charge in [-0.1, -0.05) is 34.4 Å². The number of benzene rings is 2. The summed E-state index contributed by atoms with van der Waals surface area (Å²) in [5.41, 5.74) is 1.18. The van der Waals surface area contributed by atoms with Gasteiger partial charge in [-0.2, -0.15) is 0 Å². The van der Waals surface area contributed by atoms with Crippen molar-refractivity contribution in [2.24, 2.45) is 0 Å². The Morgan fingerprint density at radius 1 is 1.08 bits per heavy atom. The molecule has 2 aromatic carbocycles. The Kier molecular flexibility index (Phi) is 5.35. The number of nitrogens with zero attached hydrogens (tertiary/aromatic N) is 1. The average molecular weight is 393 g/mol. The van der Waals surface area contributed by atoms with E-state index in [9.17, 15) is 4.79 Å². The van der Waals surface area contributed by atoms with E-state index in [4.69, 9.17) is 37.2 Å². The summed E-state index contributed by atoms with van der Waals surface area (Å²) in [5, 5.41) is 7.05. The molecule has 3 rings (SSSR count). The minimum absolute atomic E-state index is 0.103. The van der Waals surface area contributed by atoms with Gasteiger partial charge in [0.2, 0.25) is 0 Å². The molecule has 134 valence electrons. The Balaban J connectivity index is 1.83. The lowest BCUT2D eigenvalue weighted by Gasteiger charge is -2.07. The number of halogens is 2. The van der Waals surface area contributed by atoms with Crippen molar-refractivity contribution in [1.29, 1.82) is 0 Å². The third-order valence-corrected chi connectivity index (χ3v) is 4.43. The van der Waals surface area contributed by atoms with Crippen molar-refractivity contribution >= 4 is 34.8 Å². The van der Waals surface area contributed by atoms with Crippen LogP contribution in [0.4, 0.5) is 5.69 Å². The summed E-state index contributed by atoms with van der Waals surface area (Å²) >= 11 is 12.0. The second-order valence-electron chi connectivity index (χ2n) is 5.20. The molecule has 8 heteroatoms. The van der Waals surface area contributed by atoms with Crippen LogP contribution in [-0.2, 0) is 0 Å². The topological polar surface area (TPSA) is 73.6 Å². The lowest BCUT2D eigenvalue weighted by atomic mass is 10.1. The summed E-state index contributed by atoms with van der Waals surface area (Å²) in [6.45, 7) is 0. The molecule has 0 atom stereocenters. The molecule has 0 radical (unpaired) electrons. The summed E-state index contributed by atoms with van der Waals surface area (Å²) in [6.07, 6.45) is 0. The van der Waals surface area contributed by atoms with E-state index in [-0.39, 0.29) is 10.7 Å². The second kappa shape index (κ2) is 7.68. The van der Waals surface area contributed by atoms with Crippen LogP contribution in [-0.4, -0.2) is 25.3 Å². The van der Waals surface area contributed by atoms with Gasteiger partial charge in [-0.25, -0.2) is 0 Å². The highest BCUT2D eigenvalue weighted by molar-refractivity contribution is 6.44. The van der Waals surface area contributed by atoms with Crippen LogP contribution in [0.5, 0.6) is 11.5 Å². The smallest absolute Gasteiger partial charge is 0.277 e. The third kappa shape index (κ3) is 3.61. The highest BCUT2D eigenvalue weighted by atomic mass is 35.5. The fourth-order valence-electron chi connectivity index (χ4n) is 2.29. The summed E-state index contributed by atoms with van der Waals surface area (Å²) in [7, 11) is 3.09. The van der Waals surface area contributed by atoms with Crippen molar-refractivity contribution in [2.75, 3.05) is 19.5 Å². The first-order valence-corrected chi connectivity index (χ1v) is 8.23. The van der Waals surface area contributed by atoms with Crippen LogP contribution in [0, 0.1) is 0 Å². The molecule has 0 bridgehead atoms. The first-order chi connectivity index (χ1) is 12.5. The van der Waals surface area contributed by atoms with Crippen molar-refractivity contribution in [3.8, 4) is 22.8 Å². The Bertz CT molecular complexity index is 956. The fraction of sp³-hybridized carbons (Fsp3) is 0.111. The lowest BCUT2D eigenvalue weighted by Crippen LogP contribution is -2.12. The maximum atomic E-state index is 12.4. The number of nitrogens with one attached hydrogen (secondary N) is 1. The van der Waals surface area contributed by atoms with Gasteiger partial charge in [0, 0.05) is 11.6 Å². The number of rotatable bonds is 5. The van der Waals surface area contributed by atoms with E-state index in [0.29, 0.717) is 33.5 Å². The molecular formula is C18H14Cl2N2O4. The van der Waals surface area contributed by atoms with Gasteiger partial charge >= 0.3 is 0 Å². The van der Waals surface area contributed by atoms with Gasteiger partial charge in [0.05, 0.1) is 30.0 Å². The number of carbonyl (C=O) groups is 1. The van der Waals surface area contributed by atoms with Gasteiger partial charge in [-0.05, 0) is 30.3 Å². The van der Waals surface area contributed by atoms with Crippen LogP contribution >= 0.6 is 23.2 Å². The highest BCUT2D eigenvalue weighted by Gasteiger charge is 2.17. The molecule has 0 unspecified atom stereocenters. The second-order valence-corrected chi connectivity index (χ2v) is 5.99. The van der Waals surface area contributed by atoms with Gasteiger partial charge in [-0.3, -0.25) is 4.79 Å². The zero-order valence-corrected chi connectivity index (χ0v) is 15.4. The Morgan fingerprint density at radius 2 is 1.85 bits per heavy atom. The molecule has 0 spiro atoms. The predicted molar refractivity (Wildman–Crippen MR) is 99.5 cm³/mol. The molecule has 0 fully saturated rings. The van der Waals surface area contributed by atoms with E-state index >= 15 is 0 Å². The monoisotopic (exact) mass is 392 g/mol.